The molecular weight excluding hydrogens is 248 g/mol. The predicted octanol–water partition coefficient (Wildman–Crippen LogP) is 2.53. The molecule has 0 radical (unpaired) electrons. The Kier molecular flexibility index (Phi) is 4.87. The fraction of sp³-hybridized carbons (Fsp3) is 0.571. The van der Waals surface area contributed by atoms with E-state index < -0.39 is 0 Å². The van der Waals surface area contributed by atoms with Crippen LogP contribution in [0.1, 0.15) is 18.4 Å². The second-order valence-electron chi connectivity index (χ2n) is 4.86. The summed E-state index contributed by atoms with van der Waals surface area (Å²) in [7, 11) is 3.83. The van der Waals surface area contributed by atoms with Gasteiger partial charge in [0.05, 0.1) is 12.1 Å². The van der Waals surface area contributed by atoms with E-state index in [1.807, 2.05) is 18.2 Å². The maximum atomic E-state index is 6.08. The Bertz CT molecular complexity index is 393. The number of nitrogens with zero attached hydrogens (tertiary/aromatic N) is 1. The average Bonchev–Trinajstić information content (AvgIpc) is 3.19. The summed E-state index contributed by atoms with van der Waals surface area (Å²) in [5.74, 6) is 0.730. The average molecular weight is 269 g/mol. The SMILES string of the molecule is COc1ccc(CNCCN(C)C2CC2)cc1Cl. The van der Waals surface area contributed by atoms with Crippen LogP contribution in [0.5, 0.6) is 5.75 Å². The first-order valence-corrected chi connectivity index (χ1v) is 6.82. The Morgan fingerprint density at radius 1 is 1.44 bits per heavy atom. The lowest BCUT2D eigenvalue weighted by atomic mass is 10.2. The number of likely N-dealkylation sites (N-methyl/N-ethyl adjacent to an activating group) is 1. The molecule has 0 bridgehead atoms. The minimum Gasteiger partial charge on any atom is -0.495 e. The second kappa shape index (κ2) is 6.41. The van der Waals surface area contributed by atoms with E-state index in [2.05, 4.69) is 17.3 Å². The number of rotatable bonds is 7. The number of hydrogen-bond donors (Lipinski definition) is 1. The fourth-order valence-electron chi connectivity index (χ4n) is 2.01. The number of methoxy groups -OCH3 is 1. The minimum atomic E-state index is 0.673. The standard InChI is InChI=1S/C14H21ClN2O/c1-17(12-4-5-12)8-7-16-10-11-3-6-14(18-2)13(15)9-11/h3,6,9,12,16H,4-5,7-8,10H2,1-2H3. The van der Waals surface area contributed by atoms with Crippen LogP contribution in [0.2, 0.25) is 5.02 Å². The summed E-state index contributed by atoms with van der Waals surface area (Å²) in [6.45, 7) is 2.97. The quantitative estimate of drug-likeness (QED) is 0.769. The zero-order valence-corrected chi connectivity index (χ0v) is 11.8. The first kappa shape index (κ1) is 13.7. The number of benzene rings is 1. The summed E-state index contributed by atoms with van der Waals surface area (Å²) in [5.41, 5.74) is 1.19. The van der Waals surface area contributed by atoms with Crippen LogP contribution in [0, 0.1) is 0 Å². The molecule has 1 saturated carbocycles. The Labute approximate surface area is 114 Å². The van der Waals surface area contributed by atoms with Crippen LogP contribution in [0.15, 0.2) is 18.2 Å². The van der Waals surface area contributed by atoms with E-state index in [-0.39, 0.29) is 0 Å². The van der Waals surface area contributed by atoms with Gasteiger partial charge in [-0.25, -0.2) is 0 Å². The highest BCUT2D eigenvalue weighted by Crippen LogP contribution is 2.25. The van der Waals surface area contributed by atoms with Gasteiger partial charge in [-0.15, -0.1) is 0 Å². The molecule has 18 heavy (non-hydrogen) atoms. The summed E-state index contributed by atoms with van der Waals surface area (Å²) in [5, 5.41) is 4.11. The van der Waals surface area contributed by atoms with Crippen molar-refractivity contribution in [1.29, 1.82) is 0 Å². The lowest BCUT2D eigenvalue weighted by Gasteiger charge is -2.15. The molecule has 3 nitrogen and oxygen atoms in total. The van der Waals surface area contributed by atoms with E-state index in [9.17, 15) is 0 Å². The van der Waals surface area contributed by atoms with Crippen molar-refractivity contribution < 1.29 is 4.74 Å². The second-order valence-corrected chi connectivity index (χ2v) is 5.26. The van der Waals surface area contributed by atoms with Crippen LogP contribution in [-0.2, 0) is 6.54 Å². The number of halogens is 1. The molecule has 0 spiro atoms. The lowest BCUT2D eigenvalue weighted by Crippen LogP contribution is -2.30. The van der Waals surface area contributed by atoms with Gasteiger partial charge in [-0.1, -0.05) is 17.7 Å². The molecule has 4 heteroatoms. The molecule has 0 aromatic heterocycles. The smallest absolute Gasteiger partial charge is 0.137 e. The number of nitrogens with one attached hydrogen (secondary N) is 1. The first-order valence-electron chi connectivity index (χ1n) is 6.44. The molecule has 1 aromatic rings. The van der Waals surface area contributed by atoms with Crippen LogP contribution in [0.4, 0.5) is 0 Å². The van der Waals surface area contributed by atoms with Crippen molar-refractivity contribution >= 4 is 11.6 Å². The molecule has 1 aliphatic carbocycles. The maximum Gasteiger partial charge on any atom is 0.137 e. The molecule has 0 saturated heterocycles. The summed E-state index contributed by atoms with van der Waals surface area (Å²) < 4.78 is 5.13. The van der Waals surface area contributed by atoms with Gasteiger partial charge >= 0.3 is 0 Å². The third kappa shape index (κ3) is 3.87. The van der Waals surface area contributed by atoms with Gasteiger partial charge in [0.1, 0.15) is 5.75 Å². The summed E-state index contributed by atoms with van der Waals surface area (Å²) in [6, 6.07) is 6.75. The highest BCUT2D eigenvalue weighted by molar-refractivity contribution is 6.32. The zero-order chi connectivity index (χ0) is 13.0. The normalized spacial score (nSPS) is 15.1. The Balaban J connectivity index is 1.71. The molecule has 0 amide bonds. The highest BCUT2D eigenvalue weighted by Gasteiger charge is 2.25. The van der Waals surface area contributed by atoms with Crippen molar-refractivity contribution in [3.05, 3.63) is 28.8 Å². The largest absolute Gasteiger partial charge is 0.495 e. The van der Waals surface area contributed by atoms with Crippen LogP contribution in [-0.4, -0.2) is 38.2 Å². The number of hydrogen-bond acceptors (Lipinski definition) is 3. The van der Waals surface area contributed by atoms with Crippen molar-refractivity contribution in [3.63, 3.8) is 0 Å². The predicted molar refractivity (Wildman–Crippen MR) is 75.4 cm³/mol. The Morgan fingerprint density at radius 2 is 2.22 bits per heavy atom. The van der Waals surface area contributed by atoms with E-state index in [1.54, 1.807) is 7.11 Å². The van der Waals surface area contributed by atoms with Gasteiger partial charge in [-0.3, -0.25) is 0 Å². The molecule has 1 aromatic carbocycles. The first-order chi connectivity index (χ1) is 8.70. The molecule has 0 unspecified atom stereocenters. The molecule has 1 aliphatic rings. The van der Waals surface area contributed by atoms with E-state index in [0.29, 0.717) is 5.02 Å². The van der Waals surface area contributed by atoms with Gasteiger partial charge in [0.25, 0.3) is 0 Å². The van der Waals surface area contributed by atoms with Crippen molar-refractivity contribution in [2.24, 2.45) is 0 Å². The van der Waals surface area contributed by atoms with Crippen LogP contribution in [0.25, 0.3) is 0 Å². The minimum absolute atomic E-state index is 0.673. The molecule has 100 valence electrons. The van der Waals surface area contributed by atoms with E-state index in [0.717, 1.165) is 31.4 Å². The highest BCUT2D eigenvalue weighted by atomic mass is 35.5. The molecule has 0 atom stereocenters. The van der Waals surface area contributed by atoms with Crippen LogP contribution >= 0.6 is 11.6 Å². The van der Waals surface area contributed by atoms with Gasteiger partial charge in [0.15, 0.2) is 0 Å². The van der Waals surface area contributed by atoms with Gasteiger partial charge in [-0.05, 0) is 37.6 Å². The zero-order valence-electron chi connectivity index (χ0n) is 11.1. The third-order valence-electron chi connectivity index (χ3n) is 3.36. The molecule has 1 N–H and O–H groups in total. The molecule has 1 fully saturated rings. The van der Waals surface area contributed by atoms with Gasteiger partial charge in [-0.2, -0.15) is 0 Å². The van der Waals surface area contributed by atoms with Gasteiger partial charge in [0.2, 0.25) is 0 Å². The Morgan fingerprint density at radius 3 is 2.83 bits per heavy atom. The van der Waals surface area contributed by atoms with Crippen molar-refractivity contribution in [2.75, 3.05) is 27.2 Å². The van der Waals surface area contributed by atoms with E-state index in [4.69, 9.17) is 16.3 Å². The molecular formula is C14H21ClN2O. The van der Waals surface area contributed by atoms with Crippen molar-refractivity contribution in [1.82, 2.24) is 10.2 Å². The maximum absolute atomic E-state index is 6.08. The summed E-state index contributed by atoms with van der Waals surface area (Å²) in [4.78, 5) is 2.42. The summed E-state index contributed by atoms with van der Waals surface area (Å²) >= 11 is 6.08. The lowest BCUT2D eigenvalue weighted by molar-refractivity contribution is 0.321. The molecule has 2 rings (SSSR count). The van der Waals surface area contributed by atoms with E-state index >= 15 is 0 Å². The third-order valence-corrected chi connectivity index (χ3v) is 3.65. The van der Waals surface area contributed by atoms with Crippen molar-refractivity contribution in [2.45, 2.75) is 25.4 Å². The van der Waals surface area contributed by atoms with Gasteiger partial charge in [0, 0.05) is 25.7 Å². The van der Waals surface area contributed by atoms with Gasteiger partial charge < -0.3 is 15.0 Å². The van der Waals surface area contributed by atoms with Crippen LogP contribution < -0.4 is 10.1 Å². The molecule has 0 heterocycles. The molecule has 0 aliphatic heterocycles. The van der Waals surface area contributed by atoms with Crippen molar-refractivity contribution in [3.8, 4) is 5.75 Å². The van der Waals surface area contributed by atoms with Crippen LogP contribution in [0.3, 0.4) is 0 Å². The number of ether oxygens (including phenoxy) is 1. The van der Waals surface area contributed by atoms with E-state index in [1.165, 1.54) is 18.4 Å². The Hall–Kier alpha value is -0.770. The topological polar surface area (TPSA) is 24.5 Å². The summed E-state index contributed by atoms with van der Waals surface area (Å²) in [6.07, 6.45) is 2.73. The monoisotopic (exact) mass is 268 g/mol. The fourth-order valence-corrected chi connectivity index (χ4v) is 2.29.